The van der Waals surface area contributed by atoms with E-state index in [1.807, 2.05) is 7.05 Å². The van der Waals surface area contributed by atoms with Crippen molar-refractivity contribution in [1.82, 2.24) is 5.32 Å². The van der Waals surface area contributed by atoms with E-state index in [0.29, 0.717) is 12.1 Å². The van der Waals surface area contributed by atoms with Crippen LogP contribution >= 0.6 is 0 Å². The minimum Gasteiger partial charge on any atom is -0.381 e. The monoisotopic (exact) mass is 262 g/mol. The van der Waals surface area contributed by atoms with Crippen molar-refractivity contribution in [2.75, 3.05) is 32.2 Å². The summed E-state index contributed by atoms with van der Waals surface area (Å²) in [4.78, 5) is 2.44. The van der Waals surface area contributed by atoms with Crippen LogP contribution < -0.4 is 10.2 Å². The van der Waals surface area contributed by atoms with E-state index < -0.39 is 0 Å². The molecule has 19 heavy (non-hydrogen) atoms. The van der Waals surface area contributed by atoms with Crippen molar-refractivity contribution in [1.29, 1.82) is 0 Å². The number of ether oxygens (including phenoxy) is 1. The largest absolute Gasteiger partial charge is 0.381 e. The molecule has 1 atom stereocenters. The Labute approximate surface area is 116 Å². The van der Waals surface area contributed by atoms with E-state index in [0.717, 1.165) is 32.5 Å². The zero-order valence-electron chi connectivity index (χ0n) is 12.4. The number of hydrogen-bond donors (Lipinski definition) is 1. The summed E-state index contributed by atoms with van der Waals surface area (Å²) in [6.07, 6.45) is 3.36. The molecule has 1 heterocycles. The number of benzene rings is 1. The summed E-state index contributed by atoms with van der Waals surface area (Å²) in [6, 6.07) is 9.79. The molecule has 1 aromatic carbocycles. The first-order chi connectivity index (χ1) is 9.27. The van der Waals surface area contributed by atoms with Crippen LogP contribution in [0.2, 0.25) is 0 Å². The molecule has 1 saturated heterocycles. The minimum absolute atomic E-state index is 0.429. The molecule has 1 N–H and O–H groups in total. The molecule has 0 amide bonds. The Morgan fingerprint density at radius 1 is 1.32 bits per heavy atom. The van der Waals surface area contributed by atoms with Gasteiger partial charge in [0.05, 0.1) is 0 Å². The topological polar surface area (TPSA) is 24.5 Å². The van der Waals surface area contributed by atoms with E-state index in [1.54, 1.807) is 0 Å². The SMILES string of the molecule is CCC(NC)c1ccccc1N(C)C1CCOCC1. The number of nitrogens with zero attached hydrogens (tertiary/aromatic N) is 1. The minimum atomic E-state index is 0.429. The van der Waals surface area contributed by atoms with Gasteiger partial charge in [0, 0.05) is 38.0 Å². The van der Waals surface area contributed by atoms with Gasteiger partial charge in [0.1, 0.15) is 0 Å². The molecule has 1 aliphatic heterocycles. The summed E-state index contributed by atoms with van der Waals surface area (Å²) in [7, 11) is 4.26. The number of para-hydroxylation sites is 1. The first kappa shape index (κ1) is 14.4. The molecular weight excluding hydrogens is 236 g/mol. The van der Waals surface area contributed by atoms with Crippen LogP contribution in [0, 0.1) is 0 Å². The zero-order valence-corrected chi connectivity index (χ0v) is 12.4. The van der Waals surface area contributed by atoms with Crippen LogP contribution in [-0.4, -0.2) is 33.4 Å². The van der Waals surface area contributed by atoms with Gasteiger partial charge in [-0.1, -0.05) is 25.1 Å². The van der Waals surface area contributed by atoms with Crippen LogP contribution in [0.25, 0.3) is 0 Å². The van der Waals surface area contributed by atoms with Gasteiger partial charge in [0.2, 0.25) is 0 Å². The molecule has 1 unspecified atom stereocenters. The third-order valence-corrected chi connectivity index (χ3v) is 4.19. The molecular formula is C16H26N2O. The molecule has 0 spiro atoms. The normalized spacial score (nSPS) is 18.3. The summed E-state index contributed by atoms with van der Waals surface area (Å²) in [5.74, 6) is 0. The van der Waals surface area contributed by atoms with Crippen molar-refractivity contribution in [2.45, 2.75) is 38.3 Å². The van der Waals surface area contributed by atoms with Gasteiger partial charge in [-0.05, 0) is 37.9 Å². The molecule has 0 aliphatic carbocycles. The lowest BCUT2D eigenvalue weighted by Crippen LogP contribution is -2.37. The quantitative estimate of drug-likeness (QED) is 0.883. The maximum atomic E-state index is 5.47. The maximum Gasteiger partial charge on any atom is 0.0485 e. The second-order valence-electron chi connectivity index (χ2n) is 5.26. The molecule has 0 aromatic heterocycles. The molecule has 1 aromatic rings. The number of nitrogens with one attached hydrogen (secondary N) is 1. The highest BCUT2D eigenvalue weighted by molar-refractivity contribution is 5.55. The predicted octanol–water partition coefficient (Wildman–Crippen LogP) is 2.97. The van der Waals surface area contributed by atoms with E-state index >= 15 is 0 Å². The lowest BCUT2D eigenvalue weighted by molar-refractivity contribution is 0.0854. The molecule has 3 nitrogen and oxygen atoms in total. The average molecular weight is 262 g/mol. The van der Waals surface area contributed by atoms with Gasteiger partial charge in [-0.15, -0.1) is 0 Å². The molecule has 0 saturated carbocycles. The summed E-state index contributed by atoms with van der Waals surface area (Å²) in [6.45, 7) is 4.01. The Bertz CT molecular complexity index is 384. The molecule has 3 heteroatoms. The van der Waals surface area contributed by atoms with Crippen molar-refractivity contribution in [3.8, 4) is 0 Å². The summed E-state index contributed by atoms with van der Waals surface area (Å²) < 4.78 is 5.47. The molecule has 106 valence electrons. The van der Waals surface area contributed by atoms with E-state index in [2.05, 4.69) is 48.5 Å². The van der Waals surface area contributed by atoms with Gasteiger partial charge in [-0.25, -0.2) is 0 Å². The van der Waals surface area contributed by atoms with Crippen molar-refractivity contribution in [3.63, 3.8) is 0 Å². The van der Waals surface area contributed by atoms with Crippen molar-refractivity contribution in [2.24, 2.45) is 0 Å². The third-order valence-electron chi connectivity index (χ3n) is 4.19. The third kappa shape index (κ3) is 3.28. The van der Waals surface area contributed by atoms with E-state index in [1.165, 1.54) is 11.3 Å². The van der Waals surface area contributed by atoms with Crippen LogP contribution in [0.5, 0.6) is 0 Å². The summed E-state index contributed by atoms with van der Waals surface area (Å²) in [5.41, 5.74) is 2.76. The summed E-state index contributed by atoms with van der Waals surface area (Å²) in [5, 5.41) is 3.41. The van der Waals surface area contributed by atoms with E-state index in [4.69, 9.17) is 4.74 Å². The molecule has 0 radical (unpaired) electrons. The van der Waals surface area contributed by atoms with Crippen LogP contribution in [0.4, 0.5) is 5.69 Å². The van der Waals surface area contributed by atoms with E-state index in [9.17, 15) is 0 Å². The Balaban J connectivity index is 2.22. The molecule has 2 rings (SSSR count). The van der Waals surface area contributed by atoms with Crippen LogP contribution in [0.15, 0.2) is 24.3 Å². The van der Waals surface area contributed by atoms with Gasteiger partial charge >= 0.3 is 0 Å². The first-order valence-electron chi connectivity index (χ1n) is 7.34. The van der Waals surface area contributed by atoms with Gasteiger partial charge in [-0.2, -0.15) is 0 Å². The Morgan fingerprint density at radius 3 is 2.63 bits per heavy atom. The van der Waals surface area contributed by atoms with Crippen LogP contribution in [-0.2, 0) is 4.74 Å². The Hall–Kier alpha value is -1.06. The number of rotatable bonds is 5. The highest BCUT2D eigenvalue weighted by atomic mass is 16.5. The predicted molar refractivity (Wildman–Crippen MR) is 80.8 cm³/mol. The van der Waals surface area contributed by atoms with Gasteiger partial charge in [0.25, 0.3) is 0 Å². The Morgan fingerprint density at radius 2 is 2.00 bits per heavy atom. The maximum absolute atomic E-state index is 5.47. The average Bonchev–Trinajstić information content (AvgIpc) is 2.49. The van der Waals surface area contributed by atoms with Gasteiger partial charge in [0.15, 0.2) is 0 Å². The van der Waals surface area contributed by atoms with Crippen molar-refractivity contribution < 1.29 is 4.74 Å². The smallest absolute Gasteiger partial charge is 0.0485 e. The molecule has 0 bridgehead atoms. The van der Waals surface area contributed by atoms with Gasteiger partial charge < -0.3 is 15.0 Å². The lowest BCUT2D eigenvalue weighted by atomic mass is 9.99. The van der Waals surface area contributed by atoms with E-state index in [-0.39, 0.29) is 0 Å². The van der Waals surface area contributed by atoms with Crippen molar-refractivity contribution in [3.05, 3.63) is 29.8 Å². The fraction of sp³-hybridized carbons (Fsp3) is 0.625. The fourth-order valence-electron chi connectivity index (χ4n) is 2.95. The highest BCUT2D eigenvalue weighted by Gasteiger charge is 2.22. The zero-order chi connectivity index (χ0) is 13.7. The van der Waals surface area contributed by atoms with Crippen molar-refractivity contribution >= 4 is 5.69 Å². The van der Waals surface area contributed by atoms with Crippen LogP contribution in [0.3, 0.4) is 0 Å². The Kier molecular flexibility index (Phi) is 5.23. The second-order valence-corrected chi connectivity index (χ2v) is 5.26. The fourth-order valence-corrected chi connectivity index (χ4v) is 2.95. The van der Waals surface area contributed by atoms with Gasteiger partial charge in [-0.3, -0.25) is 0 Å². The highest BCUT2D eigenvalue weighted by Crippen LogP contribution is 2.30. The number of hydrogen-bond acceptors (Lipinski definition) is 3. The molecule has 1 aliphatic rings. The van der Waals surface area contributed by atoms with Crippen LogP contribution in [0.1, 0.15) is 37.8 Å². The molecule has 1 fully saturated rings. The second kappa shape index (κ2) is 6.92. The summed E-state index contributed by atoms with van der Waals surface area (Å²) >= 11 is 0. The number of anilines is 1. The first-order valence-corrected chi connectivity index (χ1v) is 7.34. The lowest BCUT2D eigenvalue weighted by Gasteiger charge is -2.35. The standard InChI is InChI=1S/C16H26N2O/c1-4-15(17-2)14-7-5-6-8-16(14)18(3)13-9-11-19-12-10-13/h5-8,13,15,17H,4,9-12H2,1-3H3.